The number of benzene rings is 1. The largest absolute Gasteiger partial charge is 0.392 e. The van der Waals surface area contributed by atoms with Gasteiger partial charge < -0.3 is 5.11 Å². The molecule has 1 aromatic carbocycles. The molecule has 1 fully saturated rings. The third-order valence-corrected chi connectivity index (χ3v) is 5.41. The molecule has 1 aliphatic carbocycles. The van der Waals surface area contributed by atoms with Crippen LogP contribution in [0.15, 0.2) is 29.2 Å². The summed E-state index contributed by atoms with van der Waals surface area (Å²) < 4.78 is 24.4. The van der Waals surface area contributed by atoms with E-state index in [0.29, 0.717) is 10.5 Å². The van der Waals surface area contributed by atoms with Crippen molar-refractivity contribution in [1.82, 2.24) is 0 Å². The van der Waals surface area contributed by atoms with Gasteiger partial charge in [-0.05, 0) is 30.5 Å². The third kappa shape index (κ3) is 2.13. The van der Waals surface area contributed by atoms with Crippen molar-refractivity contribution in [2.75, 3.05) is 0 Å². The molecule has 0 atom stereocenters. The minimum Gasteiger partial charge on any atom is -0.392 e. The van der Waals surface area contributed by atoms with Gasteiger partial charge in [0.2, 0.25) is 0 Å². The molecule has 1 saturated carbocycles. The average Bonchev–Trinajstić information content (AvgIpc) is 2.83. The second-order valence-electron chi connectivity index (χ2n) is 4.26. The van der Waals surface area contributed by atoms with Gasteiger partial charge in [-0.3, -0.25) is 0 Å². The average molecular weight is 240 g/mol. The first-order chi connectivity index (χ1) is 7.64. The van der Waals surface area contributed by atoms with Crippen molar-refractivity contribution in [3.63, 3.8) is 0 Å². The van der Waals surface area contributed by atoms with Crippen LogP contribution >= 0.6 is 0 Å². The van der Waals surface area contributed by atoms with Crippen LogP contribution in [-0.4, -0.2) is 18.8 Å². The molecule has 0 radical (unpaired) electrons. The van der Waals surface area contributed by atoms with Gasteiger partial charge in [0.25, 0.3) is 0 Å². The summed E-state index contributed by atoms with van der Waals surface area (Å²) in [7, 11) is -3.18. The summed E-state index contributed by atoms with van der Waals surface area (Å²) in [6, 6.07) is 6.61. The Hall–Kier alpha value is -0.870. The summed E-state index contributed by atoms with van der Waals surface area (Å²) in [5.74, 6) is 0. The highest BCUT2D eigenvalue weighted by Gasteiger charge is 2.30. The maximum atomic E-state index is 12.2. The van der Waals surface area contributed by atoms with E-state index in [1.165, 1.54) is 0 Å². The van der Waals surface area contributed by atoms with Crippen molar-refractivity contribution in [3.8, 4) is 0 Å². The van der Waals surface area contributed by atoms with E-state index in [1.54, 1.807) is 24.3 Å². The summed E-state index contributed by atoms with van der Waals surface area (Å²) in [5.41, 5.74) is 0.652. The molecule has 0 saturated heterocycles. The molecule has 2 rings (SSSR count). The lowest BCUT2D eigenvalue weighted by molar-refractivity contribution is 0.281. The molecule has 0 amide bonds. The van der Waals surface area contributed by atoms with Crippen LogP contribution in [0.3, 0.4) is 0 Å². The molecule has 0 spiro atoms. The Bertz CT molecular complexity index is 459. The Morgan fingerprint density at radius 1 is 1.25 bits per heavy atom. The third-order valence-electron chi connectivity index (χ3n) is 3.15. The van der Waals surface area contributed by atoms with Crippen LogP contribution in [-0.2, 0) is 16.4 Å². The molecular weight excluding hydrogens is 224 g/mol. The van der Waals surface area contributed by atoms with Crippen LogP contribution in [0, 0.1) is 0 Å². The molecular formula is C12H16O3S. The van der Waals surface area contributed by atoms with Gasteiger partial charge in [-0.1, -0.05) is 25.0 Å². The highest BCUT2D eigenvalue weighted by Crippen LogP contribution is 2.29. The fourth-order valence-electron chi connectivity index (χ4n) is 2.21. The van der Waals surface area contributed by atoms with Crippen molar-refractivity contribution in [1.29, 1.82) is 0 Å². The zero-order chi connectivity index (χ0) is 11.6. The van der Waals surface area contributed by atoms with E-state index in [1.807, 2.05) is 0 Å². The molecule has 0 aromatic heterocycles. The van der Waals surface area contributed by atoms with Crippen molar-refractivity contribution in [2.24, 2.45) is 0 Å². The van der Waals surface area contributed by atoms with Crippen molar-refractivity contribution in [3.05, 3.63) is 29.8 Å². The van der Waals surface area contributed by atoms with E-state index in [9.17, 15) is 8.42 Å². The van der Waals surface area contributed by atoms with Gasteiger partial charge in [0, 0.05) is 0 Å². The van der Waals surface area contributed by atoms with E-state index in [2.05, 4.69) is 0 Å². The van der Waals surface area contributed by atoms with E-state index < -0.39 is 9.84 Å². The Morgan fingerprint density at radius 3 is 2.56 bits per heavy atom. The van der Waals surface area contributed by atoms with Crippen LogP contribution in [0.4, 0.5) is 0 Å². The summed E-state index contributed by atoms with van der Waals surface area (Å²) in [6.07, 6.45) is 3.55. The topological polar surface area (TPSA) is 54.4 Å². The molecule has 0 heterocycles. The SMILES string of the molecule is O=S(=O)(c1cccc(CO)c1)C1CCCC1. The van der Waals surface area contributed by atoms with Gasteiger partial charge in [-0.2, -0.15) is 0 Å². The number of hydrogen-bond donors (Lipinski definition) is 1. The smallest absolute Gasteiger partial charge is 0.181 e. The van der Waals surface area contributed by atoms with Gasteiger partial charge in [-0.25, -0.2) is 8.42 Å². The maximum absolute atomic E-state index is 12.2. The van der Waals surface area contributed by atoms with Crippen LogP contribution in [0.25, 0.3) is 0 Å². The second kappa shape index (κ2) is 4.55. The fraction of sp³-hybridized carbons (Fsp3) is 0.500. The van der Waals surface area contributed by atoms with Crippen LogP contribution < -0.4 is 0 Å². The molecule has 88 valence electrons. The summed E-state index contributed by atoms with van der Waals surface area (Å²) in [4.78, 5) is 0.353. The Balaban J connectivity index is 2.34. The lowest BCUT2D eigenvalue weighted by Crippen LogP contribution is -2.17. The summed E-state index contributed by atoms with van der Waals surface area (Å²) >= 11 is 0. The summed E-state index contributed by atoms with van der Waals surface area (Å²) in [5, 5.41) is 8.78. The Morgan fingerprint density at radius 2 is 1.94 bits per heavy atom. The lowest BCUT2D eigenvalue weighted by atomic mass is 10.2. The van der Waals surface area contributed by atoms with Gasteiger partial charge in [-0.15, -0.1) is 0 Å². The predicted octanol–water partition coefficient (Wildman–Crippen LogP) is 1.90. The standard InChI is InChI=1S/C12H16O3S/c13-9-10-4-3-7-12(8-10)16(14,15)11-5-1-2-6-11/h3-4,7-8,11,13H,1-2,5-6,9H2. The van der Waals surface area contributed by atoms with Gasteiger partial charge in [0.1, 0.15) is 0 Å². The molecule has 4 heteroatoms. The van der Waals surface area contributed by atoms with E-state index >= 15 is 0 Å². The molecule has 0 unspecified atom stereocenters. The first-order valence-corrected chi connectivity index (χ1v) is 7.13. The predicted molar refractivity (Wildman–Crippen MR) is 61.8 cm³/mol. The van der Waals surface area contributed by atoms with Gasteiger partial charge in [0.05, 0.1) is 16.8 Å². The maximum Gasteiger partial charge on any atom is 0.181 e. The van der Waals surface area contributed by atoms with E-state index in [4.69, 9.17) is 5.11 Å². The van der Waals surface area contributed by atoms with Gasteiger partial charge >= 0.3 is 0 Å². The zero-order valence-electron chi connectivity index (χ0n) is 9.09. The number of aliphatic hydroxyl groups excluding tert-OH is 1. The second-order valence-corrected chi connectivity index (χ2v) is 6.49. The Labute approximate surface area is 96.0 Å². The first kappa shape index (κ1) is 11.6. The van der Waals surface area contributed by atoms with Crippen molar-refractivity contribution in [2.45, 2.75) is 42.4 Å². The number of aliphatic hydroxyl groups is 1. The number of hydrogen-bond acceptors (Lipinski definition) is 3. The highest BCUT2D eigenvalue weighted by atomic mass is 32.2. The molecule has 0 bridgehead atoms. The molecule has 1 aliphatic rings. The monoisotopic (exact) mass is 240 g/mol. The first-order valence-electron chi connectivity index (χ1n) is 5.58. The zero-order valence-corrected chi connectivity index (χ0v) is 9.91. The quantitative estimate of drug-likeness (QED) is 0.878. The minimum atomic E-state index is -3.18. The fourth-order valence-corrected chi connectivity index (χ4v) is 4.13. The summed E-state index contributed by atoms with van der Waals surface area (Å²) in [6.45, 7) is -0.117. The normalized spacial score (nSPS) is 17.8. The van der Waals surface area contributed by atoms with E-state index in [0.717, 1.165) is 25.7 Å². The highest BCUT2D eigenvalue weighted by molar-refractivity contribution is 7.92. The minimum absolute atomic E-state index is 0.117. The Kier molecular flexibility index (Phi) is 3.30. The van der Waals surface area contributed by atoms with Crippen LogP contribution in [0.1, 0.15) is 31.2 Å². The molecule has 3 nitrogen and oxygen atoms in total. The van der Waals surface area contributed by atoms with Gasteiger partial charge in [0.15, 0.2) is 9.84 Å². The molecule has 0 aliphatic heterocycles. The number of sulfone groups is 1. The van der Waals surface area contributed by atoms with E-state index in [-0.39, 0.29) is 11.9 Å². The van der Waals surface area contributed by atoms with Crippen molar-refractivity contribution < 1.29 is 13.5 Å². The lowest BCUT2D eigenvalue weighted by Gasteiger charge is -2.11. The number of rotatable bonds is 3. The van der Waals surface area contributed by atoms with Crippen LogP contribution in [0.2, 0.25) is 0 Å². The van der Waals surface area contributed by atoms with Crippen LogP contribution in [0.5, 0.6) is 0 Å². The molecule has 1 aromatic rings. The molecule has 1 N–H and O–H groups in total. The molecule has 16 heavy (non-hydrogen) atoms. The van der Waals surface area contributed by atoms with Crippen molar-refractivity contribution >= 4 is 9.84 Å².